The maximum atomic E-state index is 9.34. The third-order valence-corrected chi connectivity index (χ3v) is 8.50. The molecule has 8 rings (SSSR count). The van der Waals surface area contributed by atoms with Crippen molar-refractivity contribution in [3.05, 3.63) is 151 Å². The number of para-hydroxylation sites is 3. The number of benzene rings is 6. The molecule has 4 heteroatoms. The predicted octanol–water partition coefficient (Wildman–Crippen LogP) is 7.62. The lowest BCUT2D eigenvalue weighted by atomic mass is 9.33. The summed E-state index contributed by atoms with van der Waals surface area (Å²) < 4.78 is 0. The minimum absolute atomic E-state index is 0.0695. The van der Waals surface area contributed by atoms with Crippen LogP contribution in [0.25, 0.3) is 11.1 Å². The Labute approximate surface area is 246 Å². The first-order chi connectivity index (χ1) is 20.7. The van der Waals surface area contributed by atoms with E-state index in [-0.39, 0.29) is 6.71 Å². The number of rotatable bonds is 3. The van der Waals surface area contributed by atoms with E-state index in [1.165, 1.54) is 44.7 Å². The van der Waals surface area contributed by atoms with Crippen molar-refractivity contribution in [1.29, 1.82) is 5.26 Å². The quantitative estimate of drug-likeness (QED) is 0.218. The van der Waals surface area contributed by atoms with Crippen molar-refractivity contribution in [1.82, 2.24) is 0 Å². The topological polar surface area (TPSA) is 30.3 Å². The standard InChI is InChI=1S/C38H26BN3/c1-26-22-36-38-37(23-26)42(31-12-6-3-7-13-31)35-21-20-29(28-18-16-27(25-40)17-19-28)24-33(35)39(38)32-14-8-9-15-34(32)41(36)30-10-4-2-5-11-30/h2-24H,1H3. The molecule has 0 atom stereocenters. The molecule has 0 aliphatic carbocycles. The summed E-state index contributed by atoms with van der Waals surface area (Å²) in [6.45, 7) is 2.27. The summed E-state index contributed by atoms with van der Waals surface area (Å²) in [5.41, 5.74) is 15.2. The van der Waals surface area contributed by atoms with E-state index in [1.807, 2.05) is 24.3 Å². The third kappa shape index (κ3) is 3.68. The molecule has 2 aliphatic heterocycles. The smallest absolute Gasteiger partial charge is 0.252 e. The highest BCUT2D eigenvalue weighted by molar-refractivity contribution is 7.00. The first-order valence-electron chi connectivity index (χ1n) is 14.3. The van der Waals surface area contributed by atoms with E-state index < -0.39 is 0 Å². The molecule has 6 aromatic rings. The van der Waals surface area contributed by atoms with Crippen LogP contribution in [0.1, 0.15) is 11.1 Å². The fourth-order valence-electron chi connectivity index (χ4n) is 6.72. The zero-order chi connectivity index (χ0) is 28.2. The number of hydrogen-bond acceptors (Lipinski definition) is 3. The van der Waals surface area contributed by atoms with Gasteiger partial charge in [0.2, 0.25) is 0 Å². The molecule has 2 heterocycles. The van der Waals surface area contributed by atoms with Crippen molar-refractivity contribution in [3.8, 4) is 17.2 Å². The van der Waals surface area contributed by atoms with Crippen molar-refractivity contribution in [2.75, 3.05) is 9.80 Å². The molecule has 42 heavy (non-hydrogen) atoms. The number of fused-ring (bicyclic) bond motifs is 4. The number of nitrogens with zero attached hydrogens (tertiary/aromatic N) is 3. The first kappa shape index (κ1) is 24.3. The fourth-order valence-corrected chi connectivity index (χ4v) is 6.72. The Balaban J connectivity index is 1.44. The monoisotopic (exact) mass is 535 g/mol. The van der Waals surface area contributed by atoms with E-state index in [0.717, 1.165) is 22.5 Å². The molecule has 0 amide bonds. The lowest BCUT2D eigenvalue weighted by Crippen LogP contribution is -2.61. The molecule has 196 valence electrons. The van der Waals surface area contributed by atoms with Crippen molar-refractivity contribution in [2.45, 2.75) is 6.92 Å². The summed E-state index contributed by atoms with van der Waals surface area (Å²) in [7, 11) is 0. The van der Waals surface area contributed by atoms with Gasteiger partial charge in [0.05, 0.1) is 11.6 Å². The molecular formula is C38H26BN3. The SMILES string of the molecule is Cc1cc2c3c(c1)N(c1ccccc1)c1ccc(-c4ccc(C#N)cc4)cc1B3c1ccccc1N2c1ccccc1. The van der Waals surface area contributed by atoms with Crippen LogP contribution >= 0.6 is 0 Å². The number of hydrogen-bond donors (Lipinski definition) is 0. The van der Waals surface area contributed by atoms with E-state index >= 15 is 0 Å². The molecule has 0 radical (unpaired) electrons. The maximum absolute atomic E-state index is 9.34. The molecule has 0 fully saturated rings. The van der Waals surface area contributed by atoms with Crippen molar-refractivity contribution >= 4 is 57.2 Å². The Morgan fingerprint density at radius 1 is 0.524 bits per heavy atom. The Morgan fingerprint density at radius 2 is 1.07 bits per heavy atom. The molecule has 6 aromatic carbocycles. The second-order valence-electron chi connectivity index (χ2n) is 11.0. The van der Waals surface area contributed by atoms with Crippen molar-refractivity contribution in [3.63, 3.8) is 0 Å². The van der Waals surface area contributed by atoms with Gasteiger partial charge in [0.1, 0.15) is 0 Å². The highest BCUT2D eigenvalue weighted by atomic mass is 15.2. The molecule has 3 nitrogen and oxygen atoms in total. The van der Waals surface area contributed by atoms with E-state index in [2.05, 4.69) is 138 Å². The summed E-state index contributed by atoms with van der Waals surface area (Å²) in [6, 6.07) is 51.9. The van der Waals surface area contributed by atoms with Crippen molar-refractivity contribution < 1.29 is 0 Å². The zero-order valence-electron chi connectivity index (χ0n) is 23.2. The molecule has 0 aromatic heterocycles. The lowest BCUT2D eigenvalue weighted by Gasteiger charge is -2.44. The van der Waals surface area contributed by atoms with Gasteiger partial charge in [-0.15, -0.1) is 0 Å². The summed E-state index contributed by atoms with van der Waals surface area (Å²) >= 11 is 0. The lowest BCUT2D eigenvalue weighted by molar-refractivity contribution is 1.24. The Bertz CT molecular complexity index is 1990. The van der Waals surface area contributed by atoms with Crippen molar-refractivity contribution in [2.24, 2.45) is 0 Å². The number of aryl methyl sites for hydroxylation is 1. The van der Waals surface area contributed by atoms with Gasteiger partial charge in [-0.25, -0.2) is 0 Å². The van der Waals surface area contributed by atoms with Crippen LogP contribution in [0, 0.1) is 18.3 Å². The largest absolute Gasteiger partial charge is 0.311 e. The van der Waals surface area contributed by atoms with Gasteiger partial charge in [0.15, 0.2) is 0 Å². The Morgan fingerprint density at radius 3 is 1.69 bits per heavy atom. The molecule has 0 spiro atoms. The van der Waals surface area contributed by atoms with Crippen LogP contribution in [0.2, 0.25) is 0 Å². The Kier molecular flexibility index (Phi) is 5.52. The first-order valence-corrected chi connectivity index (χ1v) is 14.3. The zero-order valence-corrected chi connectivity index (χ0v) is 23.2. The summed E-state index contributed by atoms with van der Waals surface area (Å²) in [5, 5.41) is 9.34. The van der Waals surface area contributed by atoms with Crippen LogP contribution in [0.5, 0.6) is 0 Å². The van der Waals surface area contributed by atoms with Crippen LogP contribution in [0.3, 0.4) is 0 Å². The van der Waals surface area contributed by atoms with Gasteiger partial charge in [-0.1, -0.05) is 78.9 Å². The molecule has 0 unspecified atom stereocenters. The van der Waals surface area contributed by atoms with E-state index in [0.29, 0.717) is 5.56 Å². The minimum Gasteiger partial charge on any atom is -0.311 e. The maximum Gasteiger partial charge on any atom is 0.252 e. The van der Waals surface area contributed by atoms with E-state index in [9.17, 15) is 5.26 Å². The van der Waals surface area contributed by atoms with Crippen LogP contribution in [-0.2, 0) is 0 Å². The van der Waals surface area contributed by atoms with Crippen LogP contribution < -0.4 is 26.2 Å². The second kappa shape index (κ2) is 9.54. The third-order valence-electron chi connectivity index (χ3n) is 8.50. The van der Waals surface area contributed by atoms with Crippen LogP contribution in [-0.4, -0.2) is 6.71 Å². The van der Waals surface area contributed by atoms with Gasteiger partial charge in [-0.05, 0) is 101 Å². The number of anilines is 6. The molecule has 2 aliphatic rings. The van der Waals surface area contributed by atoms with E-state index in [1.54, 1.807) is 0 Å². The van der Waals surface area contributed by atoms with Gasteiger partial charge in [0.25, 0.3) is 6.71 Å². The van der Waals surface area contributed by atoms with Crippen LogP contribution in [0.4, 0.5) is 34.1 Å². The fraction of sp³-hybridized carbons (Fsp3) is 0.0263. The molecule has 0 N–H and O–H groups in total. The predicted molar refractivity (Wildman–Crippen MR) is 175 cm³/mol. The second-order valence-corrected chi connectivity index (χ2v) is 11.0. The Hall–Kier alpha value is -5.53. The molecule has 0 saturated carbocycles. The molecular weight excluding hydrogens is 509 g/mol. The summed E-state index contributed by atoms with van der Waals surface area (Å²) in [5.74, 6) is 0. The minimum atomic E-state index is 0.0695. The van der Waals surface area contributed by atoms with Gasteiger partial charge in [-0.3, -0.25) is 0 Å². The molecule has 0 bridgehead atoms. The van der Waals surface area contributed by atoms with Gasteiger partial charge < -0.3 is 9.80 Å². The highest BCUT2D eigenvalue weighted by Gasteiger charge is 2.43. The number of nitriles is 1. The molecule has 0 saturated heterocycles. The van der Waals surface area contributed by atoms with E-state index in [4.69, 9.17) is 0 Å². The van der Waals surface area contributed by atoms with Gasteiger partial charge in [-0.2, -0.15) is 5.26 Å². The summed E-state index contributed by atoms with van der Waals surface area (Å²) in [4.78, 5) is 4.85. The average molecular weight is 535 g/mol. The van der Waals surface area contributed by atoms with Gasteiger partial charge >= 0.3 is 0 Å². The summed E-state index contributed by atoms with van der Waals surface area (Å²) in [6.07, 6.45) is 0. The van der Waals surface area contributed by atoms with Crippen LogP contribution in [0.15, 0.2) is 140 Å². The normalized spacial score (nSPS) is 12.7. The highest BCUT2D eigenvalue weighted by Crippen LogP contribution is 2.44. The van der Waals surface area contributed by atoms with Gasteiger partial charge in [0, 0.05) is 34.1 Å². The average Bonchev–Trinajstić information content (AvgIpc) is 3.05.